The molecule has 1 aliphatic rings. The highest BCUT2D eigenvalue weighted by molar-refractivity contribution is 4.83. The molecule has 0 aliphatic heterocycles. The van der Waals surface area contributed by atoms with E-state index in [0.717, 1.165) is 19.3 Å². The lowest BCUT2D eigenvalue weighted by atomic mass is 9.84. The fourth-order valence-electron chi connectivity index (χ4n) is 2.00. The quantitative estimate of drug-likeness (QED) is 0.625. The second kappa shape index (κ2) is 5.56. The lowest BCUT2D eigenvalue weighted by Gasteiger charge is -2.27. The summed E-state index contributed by atoms with van der Waals surface area (Å²) in [4.78, 5) is 0. The number of rotatable bonds is 4. The van der Waals surface area contributed by atoms with Crippen molar-refractivity contribution in [2.24, 2.45) is 5.92 Å². The predicted octanol–water partition coefficient (Wildman–Crippen LogP) is 3.55. The standard InChI is InChI=1S/C10H16F4/c11-6-8(12)10(14)9(13)7-4-2-1-3-5-7/h7-10H,1-6H2. The van der Waals surface area contributed by atoms with Crippen LogP contribution < -0.4 is 0 Å². The summed E-state index contributed by atoms with van der Waals surface area (Å²) in [6.07, 6.45) is -2.46. The van der Waals surface area contributed by atoms with Gasteiger partial charge in [-0.05, 0) is 18.8 Å². The van der Waals surface area contributed by atoms with Crippen LogP contribution in [0.5, 0.6) is 0 Å². The minimum absolute atomic E-state index is 0.413. The molecule has 0 spiro atoms. The first-order valence-electron chi connectivity index (χ1n) is 5.15. The predicted molar refractivity (Wildman–Crippen MR) is 47.2 cm³/mol. The van der Waals surface area contributed by atoms with E-state index in [1.54, 1.807) is 0 Å². The highest BCUT2D eigenvalue weighted by Crippen LogP contribution is 2.31. The second-order valence-electron chi connectivity index (χ2n) is 3.96. The molecule has 3 atom stereocenters. The summed E-state index contributed by atoms with van der Waals surface area (Å²) in [5.74, 6) is -0.413. The van der Waals surface area contributed by atoms with Crippen molar-refractivity contribution in [1.29, 1.82) is 0 Å². The largest absolute Gasteiger partial charge is 0.248 e. The number of halogens is 4. The van der Waals surface area contributed by atoms with Gasteiger partial charge in [0.25, 0.3) is 0 Å². The van der Waals surface area contributed by atoms with Crippen molar-refractivity contribution in [2.45, 2.75) is 50.6 Å². The Kier molecular flexibility index (Phi) is 4.69. The Hall–Kier alpha value is -0.280. The van der Waals surface area contributed by atoms with Gasteiger partial charge in [-0.15, -0.1) is 0 Å². The van der Waals surface area contributed by atoms with Gasteiger partial charge in [-0.1, -0.05) is 19.3 Å². The summed E-state index contributed by atoms with van der Waals surface area (Å²) >= 11 is 0. The molecule has 84 valence electrons. The Bertz CT molecular complexity index is 154. The molecule has 1 fully saturated rings. The van der Waals surface area contributed by atoms with Gasteiger partial charge >= 0.3 is 0 Å². The van der Waals surface area contributed by atoms with Crippen molar-refractivity contribution >= 4 is 0 Å². The Morgan fingerprint density at radius 1 is 1.00 bits per heavy atom. The lowest BCUT2D eigenvalue weighted by Crippen LogP contribution is -2.35. The molecule has 0 heterocycles. The van der Waals surface area contributed by atoms with E-state index in [2.05, 4.69) is 0 Å². The first kappa shape index (κ1) is 11.8. The molecule has 0 aromatic heterocycles. The van der Waals surface area contributed by atoms with Gasteiger partial charge in [0.1, 0.15) is 12.8 Å². The Labute approximate surface area is 81.7 Å². The van der Waals surface area contributed by atoms with Crippen LogP contribution in [0.15, 0.2) is 0 Å². The third-order valence-electron chi connectivity index (χ3n) is 2.90. The van der Waals surface area contributed by atoms with Gasteiger partial charge in [0.2, 0.25) is 0 Å². The zero-order valence-corrected chi connectivity index (χ0v) is 8.06. The van der Waals surface area contributed by atoms with Gasteiger partial charge in [-0.2, -0.15) is 0 Å². The van der Waals surface area contributed by atoms with Crippen LogP contribution in [0.25, 0.3) is 0 Å². The highest BCUT2D eigenvalue weighted by atomic mass is 19.2. The van der Waals surface area contributed by atoms with Crippen LogP contribution in [0.4, 0.5) is 17.6 Å². The smallest absolute Gasteiger partial charge is 0.165 e. The third-order valence-corrected chi connectivity index (χ3v) is 2.90. The Balaban J connectivity index is 2.41. The molecule has 1 rings (SSSR count). The fourth-order valence-corrected chi connectivity index (χ4v) is 2.00. The van der Waals surface area contributed by atoms with E-state index in [4.69, 9.17) is 0 Å². The minimum atomic E-state index is -2.30. The first-order valence-corrected chi connectivity index (χ1v) is 5.15. The van der Waals surface area contributed by atoms with Gasteiger partial charge < -0.3 is 0 Å². The number of hydrogen-bond donors (Lipinski definition) is 0. The van der Waals surface area contributed by atoms with Crippen LogP contribution in [0.2, 0.25) is 0 Å². The van der Waals surface area contributed by atoms with Crippen molar-refractivity contribution in [3.63, 3.8) is 0 Å². The van der Waals surface area contributed by atoms with Crippen molar-refractivity contribution < 1.29 is 17.6 Å². The van der Waals surface area contributed by atoms with E-state index in [1.165, 1.54) is 0 Å². The summed E-state index contributed by atoms with van der Waals surface area (Å²) in [5.41, 5.74) is 0. The van der Waals surface area contributed by atoms with Crippen LogP contribution in [0, 0.1) is 5.92 Å². The Morgan fingerprint density at radius 3 is 2.07 bits per heavy atom. The van der Waals surface area contributed by atoms with Crippen LogP contribution in [0.1, 0.15) is 32.1 Å². The molecule has 1 aliphatic carbocycles. The molecule has 0 N–H and O–H groups in total. The van der Waals surface area contributed by atoms with E-state index in [1.807, 2.05) is 0 Å². The number of hydrogen-bond acceptors (Lipinski definition) is 0. The van der Waals surface area contributed by atoms with Crippen LogP contribution in [-0.4, -0.2) is 25.2 Å². The zero-order chi connectivity index (χ0) is 10.6. The lowest BCUT2D eigenvalue weighted by molar-refractivity contribution is 0.0270. The number of alkyl halides is 4. The molecule has 4 heteroatoms. The van der Waals surface area contributed by atoms with Gasteiger partial charge in [0.05, 0.1) is 0 Å². The zero-order valence-electron chi connectivity index (χ0n) is 8.06. The minimum Gasteiger partial charge on any atom is -0.248 e. The van der Waals surface area contributed by atoms with Crippen molar-refractivity contribution in [3.05, 3.63) is 0 Å². The maximum Gasteiger partial charge on any atom is 0.165 e. The average molecular weight is 212 g/mol. The molecule has 0 radical (unpaired) electrons. The summed E-state index contributed by atoms with van der Waals surface area (Å²) in [6, 6.07) is 0. The molecule has 0 bridgehead atoms. The first-order chi connectivity index (χ1) is 6.66. The molecule has 3 unspecified atom stereocenters. The molecule has 0 saturated heterocycles. The normalized spacial score (nSPS) is 25.7. The van der Waals surface area contributed by atoms with Gasteiger partial charge in [-0.25, -0.2) is 17.6 Å². The van der Waals surface area contributed by atoms with E-state index < -0.39 is 31.1 Å². The van der Waals surface area contributed by atoms with Crippen LogP contribution >= 0.6 is 0 Å². The van der Waals surface area contributed by atoms with Crippen LogP contribution in [0.3, 0.4) is 0 Å². The summed E-state index contributed by atoms with van der Waals surface area (Å²) in [5, 5.41) is 0. The van der Waals surface area contributed by atoms with Gasteiger partial charge in [0.15, 0.2) is 12.3 Å². The van der Waals surface area contributed by atoms with Crippen molar-refractivity contribution in [3.8, 4) is 0 Å². The maximum atomic E-state index is 13.3. The molecule has 0 amide bonds. The van der Waals surface area contributed by atoms with E-state index >= 15 is 0 Å². The molecule has 0 aromatic rings. The highest BCUT2D eigenvalue weighted by Gasteiger charge is 2.35. The monoisotopic (exact) mass is 212 g/mol. The Morgan fingerprint density at radius 2 is 1.57 bits per heavy atom. The third kappa shape index (κ3) is 2.85. The SMILES string of the molecule is FCC(F)C(F)C(F)C1CCCCC1. The van der Waals surface area contributed by atoms with Crippen LogP contribution in [-0.2, 0) is 0 Å². The molecular weight excluding hydrogens is 196 g/mol. The molecular formula is C10H16F4. The molecule has 14 heavy (non-hydrogen) atoms. The summed E-state index contributed by atoms with van der Waals surface area (Å²) in [7, 11) is 0. The summed E-state index contributed by atoms with van der Waals surface area (Å²) in [6.45, 7) is -1.44. The van der Waals surface area contributed by atoms with E-state index in [-0.39, 0.29) is 0 Å². The second-order valence-corrected chi connectivity index (χ2v) is 3.96. The van der Waals surface area contributed by atoms with Crippen molar-refractivity contribution in [1.82, 2.24) is 0 Å². The molecule has 0 aromatic carbocycles. The van der Waals surface area contributed by atoms with Gasteiger partial charge in [0, 0.05) is 0 Å². The van der Waals surface area contributed by atoms with E-state index in [9.17, 15) is 17.6 Å². The topological polar surface area (TPSA) is 0 Å². The fraction of sp³-hybridized carbons (Fsp3) is 1.00. The molecule has 0 nitrogen and oxygen atoms in total. The van der Waals surface area contributed by atoms with Crippen molar-refractivity contribution in [2.75, 3.05) is 6.67 Å². The van der Waals surface area contributed by atoms with E-state index in [0.29, 0.717) is 12.8 Å². The molecule has 1 saturated carbocycles. The maximum absolute atomic E-state index is 13.3. The average Bonchev–Trinajstić information content (AvgIpc) is 2.27. The van der Waals surface area contributed by atoms with Gasteiger partial charge in [-0.3, -0.25) is 0 Å². The summed E-state index contributed by atoms with van der Waals surface area (Å²) < 4.78 is 50.6.